The zero-order chi connectivity index (χ0) is 18.0. The molecule has 0 unspecified atom stereocenters. The fourth-order valence-corrected chi connectivity index (χ4v) is 4.23. The minimum absolute atomic E-state index is 0.142. The van der Waals surface area contributed by atoms with Crippen molar-refractivity contribution >= 4 is 21.4 Å². The van der Waals surface area contributed by atoms with E-state index in [0.29, 0.717) is 27.6 Å². The van der Waals surface area contributed by atoms with Gasteiger partial charge in [-0.1, -0.05) is 59.2 Å². The quantitative estimate of drug-likeness (QED) is 0.595. The zero-order valence-corrected chi connectivity index (χ0v) is 15.1. The summed E-state index contributed by atoms with van der Waals surface area (Å²) in [7, 11) is -3.58. The number of hydrogen-bond acceptors (Lipinski definition) is 4. The van der Waals surface area contributed by atoms with Gasteiger partial charge < -0.3 is 4.52 Å². The number of aromatic nitrogens is 1. The molecule has 128 valence electrons. The van der Waals surface area contributed by atoms with E-state index < -0.39 is 9.84 Å². The van der Waals surface area contributed by atoms with E-state index in [0.717, 1.165) is 5.56 Å². The van der Waals surface area contributed by atoms with Crippen molar-refractivity contribution in [2.75, 3.05) is 5.75 Å². The van der Waals surface area contributed by atoms with E-state index in [1.165, 1.54) is 12.1 Å². The molecule has 0 saturated heterocycles. The Bertz CT molecular complexity index is 1020. The fraction of sp³-hybridized carbons (Fsp3) is 0.105. The van der Waals surface area contributed by atoms with Crippen LogP contribution in [0, 0.1) is 6.92 Å². The number of aryl methyl sites for hydroxylation is 1. The highest BCUT2D eigenvalue weighted by Crippen LogP contribution is 2.38. The van der Waals surface area contributed by atoms with Gasteiger partial charge in [-0.2, -0.15) is 0 Å². The van der Waals surface area contributed by atoms with Gasteiger partial charge in [-0.3, -0.25) is 0 Å². The van der Waals surface area contributed by atoms with Crippen molar-refractivity contribution in [3.63, 3.8) is 0 Å². The van der Waals surface area contributed by atoms with E-state index in [4.69, 9.17) is 16.1 Å². The molecule has 1 heterocycles. The third-order valence-corrected chi connectivity index (χ3v) is 5.71. The summed E-state index contributed by atoms with van der Waals surface area (Å²) in [5, 5.41) is 4.48. The van der Waals surface area contributed by atoms with Crippen molar-refractivity contribution < 1.29 is 12.9 Å². The van der Waals surface area contributed by atoms with Gasteiger partial charge in [-0.15, -0.1) is 6.58 Å². The van der Waals surface area contributed by atoms with Crippen LogP contribution in [0.4, 0.5) is 0 Å². The molecule has 0 aliphatic heterocycles. The average molecular weight is 374 g/mol. The first-order chi connectivity index (χ1) is 11.9. The van der Waals surface area contributed by atoms with Crippen molar-refractivity contribution in [2.45, 2.75) is 11.8 Å². The second kappa shape index (κ2) is 6.86. The van der Waals surface area contributed by atoms with Crippen LogP contribution < -0.4 is 0 Å². The molecule has 0 aliphatic carbocycles. The molecule has 4 nitrogen and oxygen atoms in total. The number of nitrogens with zero attached hydrogens (tertiary/aromatic N) is 1. The Morgan fingerprint density at radius 2 is 1.92 bits per heavy atom. The van der Waals surface area contributed by atoms with Crippen molar-refractivity contribution in [1.29, 1.82) is 0 Å². The second-order valence-corrected chi connectivity index (χ2v) is 7.98. The maximum Gasteiger partial charge on any atom is 0.182 e. The molecule has 0 spiro atoms. The lowest BCUT2D eigenvalue weighted by Crippen LogP contribution is -2.06. The van der Waals surface area contributed by atoms with E-state index in [-0.39, 0.29) is 10.6 Å². The van der Waals surface area contributed by atoms with E-state index in [1.54, 1.807) is 19.1 Å². The predicted octanol–water partition coefficient (Wildman–Crippen LogP) is 4.93. The molecule has 3 aromatic rings. The van der Waals surface area contributed by atoms with Crippen LogP contribution in [0.2, 0.25) is 5.02 Å². The maximum absolute atomic E-state index is 12.7. The Labute approximate surface area is 151 Å². The molecule has 0 bridgehead atoms. The van der Waals surface area contributed by atoms with Crippen molar-refractivity contribution in [1.82, 2.24) is 5.16 Å². The summed E-state index contributed by atoms with van der Waals surface area (Å²) in [5.41, 5.74) is 2.60. The van der Waals surface area contributed by atoms with Crippen LogP contribution in [-0.4, -0.2) is 19.3 Å². The van der Waals surface area contributed by atoms with Crippen LogP contribution in [0.1, 0.15) is 5.76 Å². The highest BCUT2D eigenvalue weighted by atomic mass is 35.5. The highest BCUT2D eigenvalue weighted by Gasteiger charge is 2.24. The molecule has 25 heavy (non-hydrogen) atoms. The van der Waals surface area contributed by atoms with Crippen LogP contribution in [0.3, 0.4) is 0 Å². The summed E-state index contributed by atoms with van der Waals surface area (Å²) in [5.74, 6) is 0.363. The SMILES string of the molecule is C=CCS(=O)(=O)c1cc(Cl)ccc1-c1c(-c2ccccc2)noc1C. The normalized spacial score (nSPS) is 11.4. The highest BCUT2D eigenvalue weighted by molar-refractivity contribution is 7.91. The van der Waals surface area contributed by atoms with E-state index >= 15 is 0 Å². The largest absolute Gasteiger partial charge is 0.360 e. The van der Waals surface area contributed by atoms with Gasteiger partial charge in [0, 0.05) is 16.1 Å². The molecule has 3 rings (SSSR count). The summed E-state index contributed by atoms with van der Waals surface area (Å²) in [4.78, 5) is 0.142. The minimum atomic E-state index is -3.58. The predicted molar refractivity (Wildman–Crippen MR) is 99.4 cm³/mol. The van der Waals surface area contributed by atoms with Crippen LogP contribution in [0.5, 0.6) is 0 Å². The van der Waals surface area contributed by atoms with Crippen molar-refractivity contribution in [3.05, 3.63) is 72.0 Å². The molecule has 1 aromatic heterocycles. The smallest absolute Gasteiger partial charge is 0.182 e. The van der Waals surface area contributed by atoms with E-state index in [9.17, 15) is 8.42 Å². The number of rotatable bonds is 5. The Balaban J connectivity index is 2.29. The molecular formula is C19H16ClNO3S. The van der Waals surface area contributed by atoms with Gasteiger partial charge in [0.15, 0.2) is 9.84 Å². The van der Waals surface area contributed by atoms with Gasteiger partial charge in [-0.25, -0.2) is 8.42 Å². The fourth-order valence-electron chi connectivity index (χ4n) is 2.69. The Hall–Kier alpha value is -2.37. The molecule has 0 amide bonds. The van der Waals surface area contributed by atoms with Gasteiger partial charge in [0.2, 0.25) is 0 Å². The Morgan fingerprint density at radius 1 is 1.20 bits per heavy atom. The van der Waals surface area contributed by atoms with Crippen LogP contribution in [-0.2, 0) is 9.84 Å². The molecule has 2 aromatic carbocycles. The zero-order valence-electron chi connectivity index (χ0n) is 13.6. The average Bonchev–Trinajstić information content (AvgIpc) is 2.97. The summed E-state index contributed by atoms with van der Waals surface area (Å²) in [6, 6.07) is 14.3. The van der Waals surface area contributed by atoms with Crippen molar-refractivity contribution in [3.8, 4) is 22.4 Å². The molecular weight excluding hydrogens is 358 g/mol. The Kier molecular flexibility index (Phi) is 4.79. The number of benzene rings is 2. The van der Waals surface area contributed by atoms with E-state index in [1.807, 2.05) is 30.3 Å². The van der Waals surface area contributed by atoms with Crippen LogP contribution >= 0.6 is 11.6 Å². The standard InChI is InChI=1S/C19H16ClNO3S/c1-3-11-25(22,23)17-12-15(20)9-10-16(17)18-13(2)24-21-19(18)14-7-5-4-6-8-14/h3-10,12H,1,11H2,2H3. The first-order valence-electron chi connectivity index (χ1n) is 7.59. The van der Waals surface area contributed by atoms with Crippen LogP contribution in [0.25, 0.3) is 22.4 Å². The summed E-state index contributed by atoms with van der Waals surface area (Å²) >= 11 is 6.05. The first kappa shape index (κ1) is 17.5. The maximum atomic E-state index is 12.7. The molecule has 0 aliphatic rings. The summed E-state index contributed by atoms with van der Waals surface area (Å²) < 4.78 is 30.7. The minimum Gasteiger partial charge on any atom is -0.360 e. The van der Waals surface area contributed by atoms with Crippen molar-refractivity contribution in [2.24, 2.45) is 0 Å². The van der Waals surface area contributed by atoms with Gasteiger partial charge in [-0.05, 0) is 19.1 Å². The molecule has 0 fully saturated rings. The number of halogens is 1. The lowest BCUT2D eigenvalue weighted by atomic mass is 9.99. The third-order valence-electron chi connectivity index (χ3n) is 3.80. The number of sulfone groups is 1. The molecule has 0 saturated carbocycles. The van der Waals surface area contributed by atoms with Gasteiger partial charge >= 0.3 is 0 Å². The number of hydrogen-bond donors (Lipinski definition) is 0. The summed E-state index contributed by atoms with van der Waals surface area (Å²) in [6.45, 7) is 5.28. The topological polar surface area (TPSA) is 60.2 Å². The third kappa shape index (κ3) is 3.38. The van der Waals surface area contributed by atoms with Gasteiger partial charge in [0.25, 0.3) is 0 Å². The first-order valence-corrected chi connectivity index (χ1v) is 9.62. The molecule has 0 N–H and O–H groups in total. The van der Waals surface area contributed by atoms with Crippen LogP contribution in [0.15, 0.2) is 70.6 Å². The van der Waals surface area contributed by atoms with Gasteiger partial charge in [0.1, 0.15) is 11.5 Å². The van der Waals surface area contributed by atoms with Gasteiger partial charge in [0.05, 0.1) is 16.2 Å². The summed E-state index contributed by atoms with van der Waals surface area (Å²) in [6.07, 6.45) is 1.36. The monoisotopic (exact) mass is 373 g/mol. The molecule has 0 atom stereocenters. The lowest BCUT2D eigenvalue weighted by molar-refractivity contribution is 0.400. The second-order valence-electron chi connectivity index (χ2n) is 5.54. The molecule has 0 radical (unpaired) electrons. The van der Waals surface area contributed by atoms with E-state index in [2.05, 4.69) is 11.7 Å². The Morgan fingerprint density at radius 3 is 2.60 bits per heavy atom. The molecule has 6 heteroatoms. The lowest BCUT2D eigenvalue weighted by Gasteiger charge is -2.11.